The number of amides is 13. The van der Waals surface area contributed by atoms with E-state index in [-0.39, 0.29) is 55.9 Å². The summed E-state index contributed by atoms with van der Waals surface area (Å²) in [6, 6.07) is -15.5. The standard InChI is InChI=1S/C73H129N17O15S/c1-29-49-65(97)83(21)48(17)64(96)88(26)58(73(18,19)38-82(20)68(100)53(42(8)9)78-72(103)104-28)62(94)77-54(43(10)11)69(101)84(22)50(35-39(2)3)60(92)74-46(15)59(91)75-47(16)63(95)85(23)51(36-40(4)5)66(98)86(24)52(37-41(6)7)67(99)87(25)55(44(12)13)70(102)90-56(61(93)76-49)57(105-90)45(14)33-31-30-32-34-106-71-79-80-81-89(71)27/h39-58H,29-38H2,1-28H3,(H,74,92)(H,75,91)(H,76,93)(H,77,94)(H,78,103)/t45-,46+,47-,48-,49+,50+,51+,52+,53-,54+,55+,56+,57-,58-/m1/s1. The number of carbonyl (C=O) groups is 13. The molecule has 1 aromatic heterocycles. The minimum atomic E-state index is -1.55. The SMILES string of the molecule is CC[C@@H]1NC(=O)[C@@H]2[C@@H]([C@H](C)CCCCCSc3nnnn3C)ON2C(=O)[C@H](C(C)C)N(C)C(=O)[C@H](CC(C)C)N(C)C(=O)[C@H](CC(C)C)N(C)C(=O)[C@@H](C)NC(=O)[C@H](C)NC(=O)[C@H](CC(C)C)N(C)C(=O)[C@H](C(C)C)NC(=O)[C@H](C(C)(C)CN(C)C(=O)[C@H](NC(=O)OC)C(C)C)N(C)C(=O)[C@@H](C)N(C)C1=O. The summed E-state index contributed by atoms with van der Waals surface area (Å²) in [5.41, 5.74) is -1.43. The van der Waals surface area contributed by atoms with Gasteiger partial charge in [0.1, 0.15) is 72.6 Å². The van der Waals surface area contributed by atoms with E-state index in [4.69, 9.17) is 9.57 Å². The number of hydrogen-bond acceptors (Lipinski definition) is 19. The van der Waals surface area contributed by atoms with Gasteiger partial charge in [0.2, 0.25) is 70.1 Å². The van der Waals surface area contributed by atoms with Crippen LogP contribution in [0.25, 0.3) is 0 Å². The molecule has 33 heteroatoms. The van der Waals surface area contributed by atoms with Crippen LogP contribution in [0.1, 0.15) is 183 Å². The molecule has 2 aliphatic rings. The highest BCUT2D eigenvalue weighted by Crippen LogP contribution is 2.35. The van der Waals surface area contributed by atoms with Crippen LogP contribution >= 0.6 is 11.8 Å². The van der Waals surface area contributed by atoms with Crippen molar-refractivity contribution in [1.29, 1.82) is 0 Å². The fraction of sp³-hybridized carbons (Fsp3) is 0.808. The summed E-state index contributed by atoms with van der Waals surface area (Å²) >= 11 is 1.52. The number of hydrogen-bond donors (Lipinski definition) is 5. The fourth-order valence-corrected chi connectivity index (χ4v) is 14.6. The molecular weight excluding hydrogens is 1390 g/mol. The van der Waals surface area contributed by atoms with Crippen LogP contribution in [0.15, 0.2) is 5.16 Å². The minimum Gasteiger partial charge on any atom is -0.453 e. The Bertz CT molecular complexity index is 3200. The van der Waals surface area contributed by atoms with E-state index in [0.29, 0.717) is 18.0 Å². The molecule has 2 fully saturated rings. The summed E-state index contributed by atoms with van der Waals surface area (Å²) in [4.78, 5) is 207. The first-order valence-electron chi connectivity index (χ1n) is 37.4. The van der Waals surface area contributed by atoms with Gasteiger partial charge in [0, 0.05) is 74.1 Å². The van der Waals surface area contributed by atoms with Crippen molar-refractivity contribution in [3.8, 4) is 0 Å². The van der Waals surface area contributed by atoms with Gasteiger partial charge in [-0.2, -0.15) is 0 Å². The van der Waals surface area contributed by atoms with Crippen molar-refractivity contribution in [1.82, 2.24) is 86.2 Å². The molecule has 0 aromatic carbocycles. The number of carbonyl (C=O) groups excluding carboxylic acids is 13. The molecule has 2 aliphatic heterocycles. The second kappa shape index (κ2) is 41.0. The van der Waals surface area contributed by atoms with Gasteiger partial charge in [-0.1, -0.05) is 135 Å². The van der Waals surface area contributed by atoms with Gasteiger partial charge < -0.3 is 65.6 Å². The molecule has 3 rings (SSSR count). The van der Waals surface area contributed by atoms with Crippen LogP contribution in [-0.2, 0) is 74.2 Å². The number of aromatic nitrogens is 4. The lowest BCUT2D eigenvalue weighted by atomic mass is 9.81. The number of alkyl carbamates (subject to hydrolysis) is 1. The van der Waals surface area contributed by atoms with Crippen LogP contribution in [0.4, 0.5) is 4.79 Å². The van der Waals surface area contributed by atoms with E-state index in [0.717, 1.165) is 40.6 Å². The number of nitrogens with zero attached hydrogens (tertiary/aromatic N) is 12. The summed E-state index contributed by atoms with van der Waals surface area (Å²) in [5.74, 6) is -10.5. The number of fused-ring (bicyclic) bond motifs is 1. The van der Waals surface area contributed by atoms with Crippen molar-refractivity contribution in [2.75, 3.05) is 68.7 Å². The third-order valence-electron chi connectivity index (χ3n) is 20.2. The van der Waals surface area contributed by atoms with Crippen molar-refractivity contribution in [2.24, 2.45) is 53.9 Å². The number of likely N-dealkylation sites (N-methyl/N-ethyl adjacent to an activating group) is 7. The van der Waals surface area contributed by atoms with Crippen LogP contribution in [0.5, 0.6) is 0 Å². The maximum absolute atomic E-state index is 15.6. The number of aryl methyl sites for hydroxylation is 1. The van der Waals surface area contributed by atoms with Gasteiger partial charge in [-0.05, 0) is 111 Å². The number of nitrogens with one attached hydrogen (secondary N) is 5. The van der Waals surface area contributed by atoms with Gasteiger partial charge in [-0.15, -0.1) is 5.10 Å². The third kappa shape index (κ3) is 24.1. The lowest BCUT2D eigenvalue weighted by Gasteiger charge is -2.50. The van der Waals surface area contributed by atoms with E-state index in [1.165, 1.54) is 106 Å². The quantitative estimate of drug-likeness (QED) is 0.0770. The first-order chi connectivity index (χ1) is 49.1. The summed E-state index contributed by atoms with van der Waals surface area (Å²) in [7, 11) is 12.8. The molecule has 0 spiro atoms. The fourth-order valence-electron chi connectivity index (χ4n) is 13.8. The number of hydroxylamine groups is 2. The normalized spacial score (nSPS) is 25.7. The number of rotatable bonds is 23. The van der Waals surface area contributed by atoms with Crippen LogP contribution < -0.4 is 26.6 Å². The molecule has 0 aliphatic carbocycles. The third-order valence-corrected chi connectivity index (χ3v) is 21.3. The van der Waals surface area contributed by atoms with Crippen LogP contribution in [0.2, 0.25) is 0 Å². The Labute approximate surface area is 633 Å². The van der Waals surface area contributed by atoms with Crippen molar-refractivity contribution in [2.45, 2.75) is 267 Å². The Kier molecular flexibility index (Phi) is 35.8. The predicted molar refractivity (Wildman–Crippen MR) is 401 cm³/mol. The van der Waals surface area contributed by atoms with Gasteiger partial charge in [0.25, 0.3) is 5.91 Å². The Morgan fingerprint density at radius 1 is 0.594 bits per heavy atom. The molecule has 0 bridgehead atoms. The summed E-state index contributed by atoms with van der Waals surface area (Å²) in [6.07, 6.45) is 1.43. The Morgan fingerprint density at radius 2 is 1.12 bits per heavy atom. The second-order valence-electron chi connectivity index (χ2n) is 32.0. The Hall–Kier alpha value is -7.71. The van der Waals surface area contributed by atoms with E-state index in [2.05, 4.69) is 42.1 Å². The van der Waals surface area contributed by atoms with Crippen molar-refractivity contribution < 1.29 is 71.9 Å². The molecule has 2 saturated heterocycles. The van der Waals surface area contributed by atoms with E-state index < -0.39 is 179 Å². The zero-order chi connectivity index (χ0) is 81.2. The van der Waals surface area contributed by atoms with Gasteiger partial charge >= 0.3 is 6.09 Å². The van der Waals surface area contributed by atoms with Crippen LogP contribution in [0, 0.1) is 46.8 Å². The van der Waals surface area contributed by atoms with Gasteiger partial charge in [0.15, 0.2) is 6.04 Å². The first kappa shape index (κ1) is 92.5. The minimum absolute atomic E-state index is 0.0143. The van der Waals surface area contributed by atoms with Crippen molar-refractivity contribution in [3.63, 3.8) is 0 Å². The smallest absolute Gasteiger partial charge is 0.407 e. The topological polar surface area (TPSA) is 370 Å². The molecule has 3 heterocycles. The molecular formula is C73H129N17O15S. The molecule has 0 unspecified atom stereocenters. The summed E-state index contributed by atoms with van der Waals surface area (Å²) in [5, 5.41) is 27.0. The summed E-state index contributed by atoms with van der Waals surface area (Å²) in [6.45, 7) is 32.3. The van der Waals surface area contributed by atoms with E-state index in [1.807, 2.05) is 48.5 Å². The molecule has 13 amide bonds. The zero-order valence-electron chi connectivity index (χ0n) is 68.5. The van der Waals surface area contributed by atoms with Crippen molar-refractivity contribution >= 4 is 88.7 Å². The number of methoxy groups -OCH3 is 1. The van der Waals surface area contributed by atoms with Gasteiger partial charge in [-0.3, -0.25) is 62.4 Å². The maximum atomic E-state index is 15.6. The lowest BCUT2D eigenvalue weighted by Crippen LogP contribution is -2.72. The lowest BCUT2D eigenvalue weighted by molar-refractivity contribution is -0.322. The molecule has 0 radical (unpaired) electrons. The number of tetrazole rings is 1. The number of thioether (sulfide) groups is 1. The Morgan fingerprint density at radius 3 is 1.62 bits per heavy atom. The van der Waals surface area contributed by atoms with Crippen LogP contribution in [0.3, 0.4) is 0 Å². The molecule has 14 atom stereocenters. The number of ether oxygens (including phenoxy) is 1. The van der Waals surface area contributed by atoms with Crippen molar-refractivity contribution in [3.05, 3.63) is 0 Å². The molecule has 602 valence electrons. The van der Waals surface area contributed by atoms with E-state index >= 15 is 38.4 Å². The average Bonchev–Trinajstić information content (AvgIpc) is 0.943. The van der Waals surface area contributed by atoms with Crippen LogP contribution in [-0.4, -0.2) is 284 Å². The largest absolute Gasteiger partial charge is 0.453 e. The highest BCUT2D eigenvalue weighted by molar-refractivity contribution is 7.99. The number of unbranched alkanes of at least 4 members (excludes halogenated alkanes) is 2. The van der Waals surface area contributed by atoms with Gasteiger partial charge in [-0.25, -0.2) is 14.5 Å². The molecule has 32 nitrogen and oxygen atoms in total. The maximum Gasteiger partial charge on any atom is 0.407 e. The highest BCUT2D eigenvalue weighted by atomic mass is 32.2. The Balaban J connectivity index is 2.37. The first-order valence-corrected chi connectivity index (χ1v) is 38.4. The monoisotopic (exact) mass is 1520 g/mol. The van der Waals surface area contributed by atoms with E-state index in [1.54, 1.807) is 74.0 Å². The second-order valence-corrected chi connectivity index (χ2v) is 33.1. The molecule has 0 saturated carbocycles. The average molecular weight is 1520 g/mol. The molecule has 106 heavy (non-hydrogen) atoms. The summed E-state index contributed by atoms with van der Waals surface area (Å²) < 4.78 is 6.42. The zero-order valence-corrected chi connectivity index (χ0v) is 69.3. The highest BCUT2D eigenvalue weighted by Gasteiger charge is 2.55. The van der Waals surface area contributed by atoms with Gasteiger partial charge in [0.05, 0.1) is 7.11 Å². The molecule has 1 aromatic rings. The van der Waals surface area contributed by atoms with E-state index in [9.17, 15) is 24.0 Å². The predicted octanol–water partition coefficient (Wildman–Crippen LogP) is 3.71. The molecule has 5 N–H and O–H groups in total.